The summed E-state index contributed by atoms with van der Waals surface area (Å²) in [6.45, 7) is 2.34. The van der Waals surface area contributed by atoms with E-state index in [1.807, 2.05) is 31.2 Å². The minimum Gasteiger partial charge on any atom is -0.481 e. The quantitative estimate of drug-likeness (QED) is 0.878. The van der Waals surface area contributed by atoms with Gasteiger partial charge in [-0.3, -0.25) is 4.79 Å². The van der Waals surface area contributed by atoms with E-state index in [2.05, 4.69) is 5.32 Å². The fourth-order valence-corrected chi connectivity index (χ4v) is 2.08. The molecule has 0 spiro atoms. The lowest BCUT2D eigenvalue weighted by molar-refractivity contribution is -0.136. The van der Waals surface area contributed by atoms with E-state index >= 15 is 0 Å². The van der Waals surface area contributed by atoms with E-state index in [0.717, 1.165) is 22.4 Å². The molecule has 3 nitrogen and oxygen atoms in total. The van der Waals surface area contributed by atoms with Gasteiger partial charge in [-0.05, 0) is 41.8 Å². The van der Waals surface area contributed by atoms with Gasteiger partial charge in [-0.15, -0.1) is 0 Å². The molecule has 0 atom stereocenters. The minimum atomic E-state index is -0.851. The van der Waals surface area contributed by atoms with Gasteiger partial charge in [0.05, 0.1) is 6.42 Å². The molecule has 0 radical (unpaired) electrons. The number of hydrogen-bond donors (Lipinski definition) is 2. The normalized spacial score (nSPS) is 10.3. The van der Waals surface area contributed by atoms with Gasteiger partial charge in [-0.25, -0.2) is 4.39 Å². The summed E-state index contributed by atoms with van der Waals surface area (Å²) in [5.74, 6) is -1.12. The number of halogens is 1. The largest absolute Gasteiger partial charge is 0.481 e. The molecule has 0 fully saturated rings. The molecular formula is C16H16FNO2. The number of carboxylic acids is 1. The van der Waals surface area contributed by atoms with Crippen molar-refractivity contribution in [3.8, 4) is 0 Å². The number of aliphatic carboxylic acids is 1. The Labute approximate surface area is 117 Å². The van der Waals surface area contributed by atoms with Gasteiger partial charge in [-0.1, -0.05) is 24.3 Å². The van der Waals surface area contributed by atoms with Crippen molar-refractivity contribution in [3.05, 3.63) is 65.0 Å². The highest BCUT2D eigenvalue weighted by Gasteiger charge is 2.06. The van der Waals surface area contributed by atoms with Crippen molar-refractivity contribution in [2.45, 2.75) is 19.9 Å². The van der Waals surface area contributed by atoms with Crippen molar-refractivity contribution in [2.75, 3.05) is 5.32 Å². The molecule has 0 aliphatic heterocycles. The highest BCUT2D eigenvalue weighted by Crippen LogP contribution is 2.18. The predicted molar refractivity (Wildman–Crippen MR) is 76.2 cm³/mol. The lowest BCUT2D eigenvalue weighted by atomic mass is 10.0. The van der Waals surface area contributed by atoms with Crippen LogP contribution in [0.2, 0.25) is 0 Å². The first-order valence-corrected chi connectivity index (χ1v) is 6.35. The van der Waals surface area contributed by atoms with Crippen molar-refractivity contribution in [1.82, 2.24) is 0 Å². The average Bonchev–Trinajstić information content (AvgIpc) is 2.39. The zero-order valence-corrected chi connectivity index (χ0v) is 11.2. The highest BCUT2D eigenvalue weighted by atomic mass is 19.1. The Hall–Kier alpha value is -2.36. The van der Waals surface area contributed by atoms with Crippen LogP contribution in [-0.2, 0) is 17.8 Å². The molecule has 2 rings (SSSR count). The van der Waals surface area contributed by atoms with Gasteiger partial charge in [0.15, 0.2) is 0 Å². The van der Waals surface area contributed by atoms with Crippen LogP contribution in [0.3, 0.4) is 0 Å². The number of benzene rings is 2. The molecule has 0 unspecified atom stereocenters. The maximum absolute atomic E-state index is 13.0. The number of nitrogens with one attached hydrogen (secondary N) is 1. The Kier molecular flexibility index (Phi) is 4.35. The Morgan fingerprint density at radius 2 is 1.90 bits per heavy atom. The van der Waals surface area contributed by atoms with Crippen LogP contribution in [-0.4, -0.2) is 11.1 Å². The molecule has 104 valence electrons. The molecule has 2 aromatic rings. The molecule has 0 aliphatic carbocycles. The lowest BCUT2D eigenvalue weighted by Gasteiger charge is -2.12. The van der Waals surface area contributed by atoms with Crippen molar-refractivity contribution in [2.24, 2.45) is 0 Å². The fraction of sp³-hybridized carbons (Fsp3) is 0.188. The van der Waals surface area contributed by atoms with Crippen molar-refractivity contribution < 1.29 is 14.3 Å². The number of carbonyl (C=O) groups is 1. The highest BCUT2D eigenvalue weighted by molar-refractivity contribution is 5.70. The smallest absolute Gasteiger partial charge is 0.307 e. The molecule has 0 saturated carbocycles. The summed E-state index contributed by atoms with van der Waals surface area (Å²) in [7, 11) is 0. The monoisotopic (exact) mass is 273 g/mol. The number of hydrogen-bond acceptors (Lipinski definition) is 2. The second-order valence-electron chi connectivity index (χ2n) is 4.65. The average molecular weight is 273 g/mol. The first kappa shape index (κ1) is 14.1. The molecule has 20 heavy (non-hydrogen) atoms. The molecular weight excluding hydrogens is 257 g/mol. The van der Waals surface area contributed by atoms with E-state index in [1.54, 1.807) is 6.07 Å². The number of aryl methyl sites for hydroxylation is 1. The molecule has 2 N–H and O–H groups in total. The first-order chi connectivity index (χ1) is 9.56. The third-order valence-electron chi connectivity index (χ3n) is 3.12. The molecule has 0 heterocycles. The maximum atomic E-state index is 13.0. The van der Waals surface area contributed by atoms with Gasteiger partial charge >= 0.3 is 5.97 Å². The number of carboxylic acid groups (broad SMARTS) is 1. The third-order valence-corrected chi connectivity index (χ3v) is 3.12. The van der Waals surface area contributed by atoms with Crippen LogP contribution in [0.5, 0.6) is 0 Å². The Balaban J connectivity index is 2.12. The van der Waals surface area contributed by atoms with E-state index in [-0.39, 0.29) is 12.2 Å². The summed E-state index contributed by atoms with van der Waals surface area (Å²) in [5.41, 5.74) is 3.38. The van der Waals surface area contributed by atoms with Gasteiger partial charge in [-0.2, -0.15) is 0 Å². The summed E-state index contributed by atoms with van der Waals surface area (Å²) in [5, 5.41) is 12.1. The van der Waals surface area contributed by atoms with Crippen LogP contribution < -0.4 is 5.32 Å². The standard InChI is InChI=1S/C16H16FNO2/c1-11-8-14(17)6-7-15(11)18-10-13-5-3-2-4-12(13)9-16(19)20/h2-8,18H,9-10H2,1H3,(H,19,20). The van der Waals surface area contributed by atoms with E-state index in [4.69, 9.17) is 5.11 Å². The van der Waals surface area contributed by atoms with Crippen LogP contribution in [0.1, 0.15) is 16.7 Å². The zero-order chi connectivity index (χ0) is 14.5. The summed E-state index contributed by atoms with van der Waals surface area (Å²) in [6, 6.07) is 12.0. The first-order valence-electron chi connectivity index (χ1n) is 6.35. The van der Waals surface area contributed by atoms with Crippen molar-refractivity contribution in [3.63, 3.8) is 0 Å². The van der Waals surface area contributed by atoms with Gasteiger partial charge in [0, 0.05) is 12.2 Å². The van der Waals surface area contributed by atoms with E-state index in [9.17, 15) is 9.18 Å². The second kappa shape index (κ2) is 6.19. The van der Waals surface area contributed by atoms with Gasteiger partial charge < -0.3 is 10.4 Å². The van der Waals surface area contributed by atoms with Crippen LogP contribution in [0.15, 0.2) is 42.5 Å². The van der Waals surface area contributed by atoms with Crippen LogP contribution in [0.4, 0.5) is 10.1 Å². The third kappa shape index (κ3) is 3.57. The fourth-order valence-electron chi connectivity index (χ4n) is 2.08. The van der Waals surface area contributed by atoms with Crippen molar-refractivity contribution >= 4 is 11.7 Å². The molecule has 0 aliphatic rings. The number of anilines is 1. The molecule has 2 aromatic carbocycles. The predicted octanol–water partition coefficient (Wildman–Crippen LogP) is 3.37. The van der Waals surface area contributed by atoms with Crippen LogP contribution >= 0.6 is 0 Å². The topological polar surface area (TPSA) is 49.3 Å². The molecule has 0 amide bonds. The zero-order valence-electron chi connectivity index (χ0n) is 11.2. The number of rotatable bonds is 5. The van der Waals surface area contributed by atoms with Gasteiger partial charge in [0.2, 0.25) is 0 Å². The Morgan fingerprint density at radius 1 is 1.20 bits per heavy atom. The minimum absolute atomic E-state index is 0.000251. The van der Waals surface area contributed by atoms with E-state index in [0.29, 0.717) is 6.54 Å². The van der Waals surface area contributed by atoms with E-state index < -0.39 is 5.97 Å². The molecule has 4 heteroatoms. The van der Waals surface area contributed by atoms with Gasteiger partial charge in [0.1, 0.15) is 5.82 Å². The van der Waals surface area contributed by atoms with E-state index in [1.165, 1.54) is 12.1 Å². The summed E-state index contributed by atoms with van der Waals surface area (Å²) >= 11 is 0. The molecule has 0 aromatic heterocycles. The molecule has 0 bridgehead atoms. The summed E-state index contributed by atoms with van der Waals surface area (Å²) < 4.78 is 13.0. The second-order valence-corrected chi connectivity index (χ2v) is 4.65. The van der Waals surface area contributed by atoms with Gasteiger partial charge in [0.25, 0.3) is 0 Å². The Bertz CT molecular complexity index is 626. The summed E-state index contributed by atoms with van der Waals surface area (Å²) in [6.07, 6.45) is 0.000251. The van der Waals surface area contributed by atoms with Crippen LogP contribution in [0.25, 0.3) is 0 Å². The SMILES string of the molecule is Cc1cc(F)ccc1NCc1ccccc1CC(=O)O. The van der Waals surface area contributed by atoms with Crippen LogP contribution in [0, 0.1) is 12.7 Å². The summed E-state index contributed by atoms with van der Waals surface area (Å²) in [4.78, 5) is 10.8. The van der Waals surface area contributed by atoms with Crippen molar-refractivity contribution in [1.29, 1.82) is 0 Å². The lowest BCUT2D eigenvalue weighted by Crippen LogP contribution is -2.07. The Morgan fingerprint density at radius 3 is 2.55 bits per heavy atom. The molecule has 0 saturated heterocycles. The maximum Gasteiger partial charge on any atom is 0.307 e.